The highest BCUT2D eigenvalue weighted by atomic mass is 16.5. The number of hydrogen-bond donors (Lipinski definition) is 1. The van der Waals surface area contributed by atoms with Crippen LogP contribution in [-0.2, 0) is 14.2 Å². The Morgan fingerprint density at radius 2 is 1.81 bits per heavy atom. The molecule has 2 atom stereocenters. The third-order valence-corrected chi connectivity index (χ3v) is 4.93. The van der Waals surface area contributed by atoms with Crippen molar-refractivity contribution in [2.75, 3.05) is 40.1 Å². The third-order valence-electron chi connectivity index (χ3n) is 4.93. The Morgan fingerprint density at radius 3 is 2.43 bits per heavy atom. The zero-order valence-electron chi connectivity index (χ0n) is 14.5. The van der Waals surface area contributed by atoms with E-state index in [1.165, 1.54) is 19.3 Å². The van der Waals surface area contributed by atoms with Gasteiger partial charge in [-0.05, 0) is 38.6 Å². The van der Waals surface area contributed by atoms with Gasteiger partial charge in [-0.1, -0.05) is 20.8 Å². The number of methoxy groups -OCH3 is 1. The Morgan fingerprint density at radius 1 is 1.05 bits per heavy atom. The molecule has 4 heteroatoms. The van der Waals surface area contributed by atoms with Crippen LogP contribution in [0.4, 0.5) is 0 Å². The molecule has 21 heavy (non-hydrogen) atoms. The molecule has 0 aliphatic heterocycles. The average Bonchev–Trinajstić information content (AvgIpc) is 2.49. The van der Waals surface area contributed by atoms with E-state index in [1.54, 1.807) is 7.11 Å². The largest absolute Gasteiger partial charge is 0.385 e. The fourth-order valence-electron chi connectivity index (χ4n) is 3.44. The molecule has 0 bridgehead atoms. The third kappa shape index (κ3) is 5.20. The fraction of sp³-hybridized carbons (Fsp3) is 1.00. The predicted molar refractivity (Wildman–Crippen MR) is 86.8 cm³/mol. The maximum absolute atomic E-state index is 6.10. The van der Waals surface area contributed by atoms with Gasteiger partial charge in [0.05, 0.1) is 19.3 Å². The van der Waals surface area contributed by atoms with Crippen LogP contribution >= 0.6 is 0 Å². The molecule has 4 nitrogen and oxygen atoms in total. The first-order valence-electron chi connectivity index (χ1n) is 8.66. The highest BCUT2D eigenvalue weighted by Gasteiger charge is 2.52. The van der Waals surface area contributed by atoms with Gasteiger partial charge >= 0.3 is 0 Å². The van der Waals surface area contributed by atoms with E-state index in [-0.39, 0.29) is 0 Å². The molecular weight excluding hydrogens is 266 g/mol. The summed E-state index contributed by atoms with van der Waals surface area (Å²) >= 11 is 0. The molecular formula is C17H35NO3. The zero-order valence-corrected chi connectivity index (χ0v) is 14.5. The number of rotatable bonds is 13. The molecule has 1 aliphatic rings. The molecule has 0 aromatic rings. The molecule has 0 amide bonds. The van der Waals surface area contributed by atoms with Crippen LogP contribution in [0.3, 0.4) is 0 Å². The summed E-state index contributed by atoms with van der Waals surface area (Å²) in [6, 6.07) is 0.625. The molecule has 0 aromatic carbocycles. The Labute approximate surface area is 130 Å². The van der Waals surface area contributed by atoms with Gasteiger partial charge in [0.25, 0.3) is 0 Å². The van der Waals surface area contributed by atoms with E-state index in [9.17, 15) is 0 Å². The quantitative estimate of drug-likeness (QED) is 0.531. The van der Waals surface area contributed by atoms with Crippen molar-refractivity contribution in [3.05, 3.63) is 0 Å². The van der Waals surface area contributed by atoms with Crippen LogP contribution in [0.25, 0.3) is 0 Å². The highest BCUT2D eigenvalue weighted by molar-refractivity contribution is 5.06. The summed E-state index contributed by atoms with van der Waals surface area (Å²) in [5.74, 6) is 0. The molecule has 0 heterocycles. The number of nitrogens with one attached hydrogen (secondary N) is 1. The maximum atomic E-state index is 6.10. The molecule has 1 aliphatic carbocycles. The van der Waals surface area contributed by atoms with Gasteiger partial charge in [0.1, 0.15) is 0 Å². The fourth-order valence-corrected chi connectivity index (χ4v) is 3.44. The average molecular weight is 301 g/mol. The van der Waals surface area contributed by atoms with Crippen LogP contribution in [0, 0.1) is 5.41 Å². The number of hydrogen-bond acceptors (Lipinski definition) is 4. The summed E-state index contributed by atoms with van der Waals surface area (Å²) in [5, 5.41) is 3.69. The van der Waals surface area contributed by atoms with Crippen LogP contribution in [0.2, 0.25) is 0 Å². The lowest BCUT2D eigenvalue weighted by Crippen LogP contribution is -2.63. The molecule has 1 N–H and O–H groups in total. The van der Waals surface area contributed by atoms with E-state index < -0.39 is 0 Å². The molecule has 0 aromatic heterocycles. The van der Waals surface area contributed by atoms with Crippen molar-refractivity contribution in [3.8, 4) is 0 Å². The van der Waals surface area contributed by atoms with E-state index >= 15 is 0 Å². The Bertz CT molecular complexity index is 256. The smallest absolute Gasteiger partial charge is 0.0704 e. The van der Waals surface area contributed by atoms with Crippen molar-refractivity contribution < 1.29 is 14.2 Å². The zero-order chi connectivity index (χ0) is 15.6. The normalized spacial score (nSPS) is 24.0. The highest BCUT2D eigenvalue weighted by Crippen LogP contribution is 2.48. The van der Waals surface area contributed by atoms with Crippen molar-refractivity contribution in [2.45, 2.75) is 65.0 Å². The van der Waals surface area contributed by atoms with Crippen molar-refractivity contribution in [1.29, 1.82) is 0 Å². The van der Waals surface area contributed by atoms with E-state index in [0.717, 1.165) is 32.6 Å². The van der Waals surface area contributed by atoms with Gasteiger partial charge in [-0.25, -0.2) is 0 Å². The number of ether oxygens (including phenoxy) is 3. The topological polar surface area (TPSA) is 39.7 Å². The summed E-state index contributed by atoms with van der Waals surface area (Å²) < 4.78 is 16.7. The molecule has 126 valence electrons. The van der Waals surface area contributed by atoms with Gasteiger partial charge in [-0.15, -0.1) is 0 Å². The standard InChI is InChI=1S/C17H35NO3/c1-5-9-18-15-14-16(17(15,6-2)7-3)21-13-12-20-11-8-10-19-4/h15-16,18H,5-14H2,1-4H3. The summed E-state index contributed by atoms with van der Waals surface area (Å²) in [7, 11) is 1.72. The van der Waals surface area contributed by atoms with E-state index in [0.29, 0.717) is 30.8 Å². The second-order valence-electron chi connectivity index (χ2n) is 6.00. The van der Waals surface area contributed by atoms with Crippen LogP contribution in [0.5, 0.6) is 0 Å². The van der Waals surface area contributed by atoms with Crippen molar-refractivity contribution in [2.24, 2.45) is 5.41 Å². The minimum Gasteiger partial charge on any atom is -0.385 e. The van der Waals surface area contributed by atoms with Gasteiger partial charge in [0.2, 0.25) is 0 Å². The summed E-state index contributed by atoms with van der Waals surface area (Å²) in [4.78, 5) is 0. The minimum absolute atomic E-state index is 0.325. The first-order chi connectivity index (χ1) is 10.2. The Kier molecular flexibility index (Phi) is 9.49. The van der Waals surface area contributed by atoms with Crippen molar-refractivity contribution in [3.63, 3.8) is 0 Å². The Hall–Kier alpha value is -0.160. The lowest BCUT2D eigenvalue weighted by molar-refractivity contribution is -0.148. The summed E-state index contributed by atoms with van der Waals surface area (Å²) in [6.45, 7) is 10.8. The lowest BCUT2D eigenvalue weighted by Gasteiger charge is -2.55. The van der Waals surface area contributed by atoms with Crippen LogP contribution in [0.15, 0.2) is 0 Å². The minimum atomic E-state index is 0.325. The first-order valence-corrected chi connectivity index (χ1v) is 8.66. The molecule has 0 saturated heterocycles. The lowest BCUT2D eigenvalue weighted by atomic mass is 9.58. The molecule has 0 radical (unpaired) electrons. The van der Waals surface area contributed by atoms with Gasteiger partial charge in [0.15, 0.2) is 0 Å². The van der Waals surface area contributed by atoms with Gasteiger partial charge in [-0.2, -0.15) is 0 Å². The van der Waals surface area contributed by atoms with Crippen LogP contribution in [0.1, 0.15) is 52.9 Å². The second kappa shape index (κ2) is 10.5. The first kappa shape index (κ1) is 18.9. The Balaban J connectivity index is 2.22. The maximum Gasteiger partial charge on any atom is 0.0704 e. The molecule has 1 rings (SSSR count). The SMILES string of the molecule is CCCNC1CC(OCCOCCCOC)C1(CC)CC. The van der Waals surface area contributed by atoms with Gasteiger partial charge in [0, 0.05) is 31.8 Å². The van der Waals surface area contributed by atoms with Gasteiger partial charge in [-0.3, -0.25) is 0 Å². The second-order valence-corrected chi connectivity index (χ2v) is 6.00. The van der Waals surface area contributed by atoms with Crippen molar-refractivity contribution >= 4 is 0 Å². The molecule has 1 fully saturated rings. The monoisotopic (exact) mass is 301 g/mol. The predicted octanol–water partition coefficient (Wildman–Crippen LogP) is 3.00. The van der Waals surface area contributed by atoms with E-state index in [2.05, 4.69) is 26.1 Å². The molecule has 2 unspecified atom stereocenters. The van der Waals surface area contributed by atoms with E-state index in [4.69, 9.17) is 14.2 Å². The van der Waals surface area contributed by atoms with Crippen LogP contribution < -0.4 is 5.32 Å². The van der Waals surface area contributed by atoms with Crippen molar-refractivity contribution in [1.82, 2.24) is 5.32 Å². The van der Waals surface area contributed by atoms with Crippen LogP contribution in [-0.4, -0.2) is 52.2 Å². The molecule has 1 saturated carbocycles. The molecule has 0 spiro atoms. The summed E-state index contributed by atoms with van der Waals surface area (Å²) in [6.07, 6.45) is 6.06. The van der Waals surface area contributed by atoms with E-state index in [1.807, 2.05) is 0 Å². The van der Waals surface area contributed by atoms with Gasteiger partial charge < -0.3 is 19.5 Å². The summed E-state index contributed by atoms with van der Waals surface area (Å²) in [5.41, 5.74) is 0.325.